The third kappa shape index (κ3) is 2.26. The van der Waals surface area contributed by atoms with Crippen LogP contribution in [0.3, 0.4) is 0 Å². The Kier molecular flexibility index (Phi) is 3.16. The maximum Gasteiger partial charge on any atom is 0.251 e. The first kappa shape index (κ1) is 12.7. The van der Waals surface area contributed by atoms with E-state index in [-0.39, 0.29) is 11.9 Å². The van der Waals surface area contributed by atoms with Crippen molar-refractivity contribution in [3.63, 3.8) is 0 Å². The summed E-state index contributed by atoms with van der Waals surface area (Å²) in [5.41, 5.74) is 8.84. The summed E-state index contributed by atoms with van der Waals surface area (Å²) in [6, 6.07) is 14.2. The molecule has 4 nitrogen and oxygen atoms in total. The number of carbonyl (C=O) groups excluding carboxylic acids is 1. The van der Waals surface area contributed by atoms with Gasteiger partial charge in [0.05, 0.1) is 12.1 Å². The number of nitrogens with two attached hydrogens (primary N) is 1. The molecular formula is C16H16N2O2. The predicted molar refractivity (Wildman–Crippen MR) is 77.2 cm³/mol. The van der Waals surface area contributed by atoms with E-state index in [0.717, 1.165) is 11.1 Å². The van der Waals surface area contributed by atoms with Gasteiger partial charge >= 0.3 is 0 Å². The third-order valence-electron chi connectivity index (χ3n) is 3.66. The number of fused-ring (bicyclic) bond motifs is 1. The number of benzene rings is 2. The molecule has 1 amide bonds. The molecule has 4 heteroatoms. The number of aliphatic hydroxyl groups is 1. The van der Waals surface area contributed by atoms with Crippen LogP contribution in [0.25, 0.3) is 0 Å². The highest BCUT2D eigenvalue weighted by atomic mass is 16.3. The Balaban J connectivity index is 1.81. The molecule has 0 bridgehead atoms. The molecule has 0 aromatic heterocycles. The first-order chi connectivity index (χ1) is 9.65. The molecule has 0 fully saturated rings. The summed E-state index contributed by atoms with van der Waals surface area (Å²) in [7, 11) is 0. The lowest BCUT2D eigenvalue weighted by molar-refractivity contribution is 0.0858. The zero-order valence-corrected chi connectivity index (χ0v) is 10.9. The van der Waals surface area contributed by atoms with Gasteiger partial charge < -0.3 is 16.2 Å². The number of carbonyl (C=O) groups is 1. The topological polar surface area (TPSA) is 75.4 Å². The summed E-state index contributed by atoms with van der Waals surface area (Å²) in [5, 5.41) is 13.0. The Labute approximate surface area is 117 Å². The molecule has 1 aliphatic carbocycles. The zero-order valence-electron chi connectivity index (χ0n) is 10.9. The van der Waals surface area contributed by atoms with Gasteiger partial charge in [-0.1, -0.05) is 24.3 Å². The van der Waals surface area contributed by atoms with Gasteiger partial charge in [0.25, 0.3) is 5.91 Å². The van der Waals surface area contributed by atoms with Gasteiger partial charge in [-0.3, -0.25) is 4.79 Å². The number of nitrogens with one attached hydrogen (secondary N) is 1. The minimum atomic E-state index is -0.579. The Hall–Kier alpha value is -2.33. The lowest BCUT2D eigenvalue weighted by Crippen LogP contribution is -2.33. The second kappa shape index (κ2) is 4.98. The smallest absolute Gasteiger partial charge is 0.251 e. The van der Waals surface area contributed by atoms with Gasteiger partial charge in [-0.15, -0.1) is 0 Å². The second-order valence-corrected chi connectivity index (χ2v) is 5.04. The molecule has 0 spiro atoms. The molecule has 4 N–H and O–H groups in total. The maximum absolute atomic E-state index is 12.2. The fraction of sp³-hybridized carbons (Fsp3) is 0.188. The molecule has 0 saturated heterocycles. The zero-order chi connectivity index (χ0) is 14.1. The van der Waals surface area contributed by atoms with Gasteiger partial charge in [-0.05, 0) is 35.4 Å². The fourth-order valence-electron chi connectivity index (χ4n) is 2.61. The SMILES string of the molecule is Nc1ccc(C(=O)N[C@H]2c3ccccc3C[C@H]2O)cc1. The molecule has 1 aliphatic rings. The van der Waals surface area contributed by atoms with E-state index in [1.54, 1.807) is 24.3 Å². The lowest BCUT2D eigenvalue weighted by Gasteiger charge is -2.18. The first-order valence-corrected chi connectivity index (χ1v) is 6.57. The molecule has 2 aromatic rings. The molecule has 3 rings (SSSR count). The lowest BCUT2D eigenvalue weighted by atomic mass is 10.1. The standard InChI is InChI=1S/C16H16N2O2/c17-12-7-5-10(6-8-12)16(20)18-15-13-4-2-1-3-11(13)9-14(15)19/h1-8,14-15,19H,9,17H2,(H,18,20)/t14-,15+/m1/s1. The van der Waals surface area contributed by atoms with Crippen LogP contribution in [-0.2, 0) is 6.42 Å². The van der Waals surface area contributed by atoms with Crippen LogP contribution in [0.2, 0.25) is 0 Å². The number of amides is 1. The first-order valence-electron chi connectivity index (χ1n) is 6.57. The molecular weight excluding hydrogens is 252 g/mol. The minimum absolute atomic E-state index is 0.203. The number of aliphatic hydroxyl groups excluding tert-OH is 1. The number of nitrogen functional groups attached to an aromatic ring is 1. The van der Waals surface area contributed by atoms with Crippen molar-refractivity contribution in [2.24, 2.45) is 0 Å². The summed E-state index contributed by atoms with van der Waals surface area (Å²) in [5.74, 6) is -0.203. The average molecular weight is 268 g/mol. The summed E-state index contributed by atoms with van der Waals surface area (Å²) >= 11 is 0. The predicted octanol–water partition coefficient (Wildman–Crippen LogP) is 1.66. The van der Waals surface area contributed by atoms with E-state index < -0.39 is 6.10 Å². The Morgan fingerprint density at radius 3 is 2.60 bits per heavy atom. The number of anilines is 1. The molecule has 102 valence electrons. The summed E-state index contributed by atoms with van der Waals surface area (Å²) in [4.78, 5) is 12.2. The van der Waals surface area contributed by atoms with Crippen LogP contribution in [0.15, 0.2) is 48.5 Å². The molecule has 0 saturated carbocycles. The van der Waals surface area contributed by atoms with Crippen LogP contribution in [0.1, 0.15) is 27.5 Å². The van der Waals surface area contributed by atoms with Crippen LogP contribution in [-0.4, -0.2) is 17.1 Å². The molecule has 0 aliphatic heterocycles. The minimum Gasteiger partial charge on any atom is -0.399 e. The highest BCUT2D eigenvalue weighted by Crippen LogP contribution is 2.31. The Morgan fingerprint density at radius 1 is 1.15 bits per heavy atom. The van der Waals surface area contributed by atoms with Gasteiger partial charge in [0.15, 0.2) is 0 Å². The van der Waals surface area contributed by atoms with E-state index in [0.29, 0.717) is 17.7 Å². The van der Waals surface area contributed by atoms with Crippen molar-refractivity contribution in [1.82, 2.24) is 5.32 Å². The highest BCUT2D eigenvalue weighted by molar-refractivity contribution is 5.94. The van der Waals surface area contributed by atoms with Crippen LogP contribution >= 0.6 is 0 Å². The maximum atomic E-state index is 12.2. The van der Waals surface area contributed by atoms with E-state index in [1.807, 2.05) is 24.3 Å². The van der Waals surface area contributed by atoms with Crippen molar-refractivity contribution < 1.29 is 9.90 Å². The van der Waals surface area contributed by atoms with Crippen LogP contribution in [0.5, 0.6) is 0 Å². The van der Waals surface area contributed by atoms with Crippen molar-refractivity contribution in [2.45, 2.75) is 18.6 Å². The van der Waals surface area contributed by atoms with Gasteiger partial charge in [-0.25, -0.2) is 0 Å². The third-order valence-corrected chi connectivity index (χ3v) is 3.66. The molecule has 20 heavy (non-hydrogen) atoms. The summed E-state index contributed by atoms with van der Waals surface area (Å²) in [6.45, 7) is 0. The average Bonchev–Trinajstić information content (AvgIpc) is 2.76. The quantitative estimate of drug-likeness (QED) is 0.725. The van der Waals surface area contributed by atoms with E-state index in [9.17, 15) is 9.90 Å². The molecule has 0 unspecified atom stereocenters. The van der Waals surface area contributed by atoms with E-state index in [2.05, 4.69) is 5.32 Å². The van der Waals surface area contributed by atoms with E-state index in [4.69, 9.17) is 5.73 Å². The van der Waals surface area contributed by atoms with Crippen LogP contribution in [0.4, 0.5) is 5.69 Å². The molecule has 0 heterocycles. The van der Waals surface area contributed by atoms with Gasteiger partial charge in [0, 0.05) is 17.7 Å². The van der Waals surface area contributed by atoms with Crippen molar-refractivity contribution in [1.29, 1.82) is 0 Å². The molecule has 0 radical (unpaired) electrons. The van der Waals surface area contributed by atoms with Crippen molar-refractivity contribution in [3.8, 4) is 0 Å². The second-order valence-electron chi connectivity index (χ2n) is 5.04. The highest BCUT2D eigenvalue weighted by Gasteiger charge is 2.31. The number of rotatable bonds is 2. The normalized spacial score (nSPS) is 20.4. The van der Waals surface area contributed by atoms with Gasteiger partial charge in [-0.2, -0.15) is 0 Å². The summed E-state index contributed by atoms with van der Waals surface area (Å²) in [6.07, 6.45) is -0.00630. The fourth-order valence-corrected chi connectivity index (χ4v) is 2.61. The molecule has 2 atom stereocenters. The number of hydrogen-bond donors (Lipinski definition) is 3. The van der Waals surface area contributed by atoms with Gasteiger partial charge in [0.2, 0.25) is 0 Å². The summed E-state index contributed by atoms with van der Waals surface area (Å²) < 4.78 is 0. The Morgan fingerprint density at radius 2 is 1.85 bits per heavy atom. The van der Waals surface area contributed by atoms with Crippen molar-refractivity contribution in [2.75, 3.05) is 5.73 Å². The van der Waals surface area contributed by atoms with Crippen LogP contribution < -0.4 is 11.1 Å². The largest absolute Gasteiger partial charge is 0.399 e. The molecule has 2 aromatic carbocycles. The van der Waals surface area contributed by atoms with Gasteiger partial charge in [0.1, 0.15) is 0 Å². The van der Waals surface area contributed by atoms with E-state index in [1.165, 1.54) is 0 Å². The Bertz CT molecular complexity index is 637. The number of hydrogen-bond acceptors (Lipinski definition) is 3. The van der Waals surface area contributed by atoms with Crippen molar-refractivity contribution >= 4 is 11.6 Å². The van der Waals surface area contributed by atoms with Crippen LogP contribution in [0, 0.1) is 0 Å². The monoisotopic (exact) mass is 268 g/mol. The van der Waals surface area contributed by atoms with E-state index >= 15 is 0 Å². The van der Waals surface area contributed by atoms with Crippen molar-refractivity contribution in [3.05, 3.63) is 65.2 Å².